The molecule has 0 bridgehead atoms. The van der Waals surface area contributed by atoms with Crippen LogP contribution < -0.4 is 5.73 Å². The standard InChI is InChI=1S/C16H21NOS/c1-2-18-16(14-6-4-3-5-7-14)15(17)9-8-13-10-11-19-12-13/h3-7,10-12,15-16H,2,8-9,17H2,1H3. The Morgan fingerprint density at radius 3 is 2.63 bits per heavy atom. The van der Waals surface area contributed by atoms with Gasteiger partial charge in [-0.25, -0.2) is 0 Å². The number of rotatable bonds is 7. The van der Waals surface area contributed by atoms with Crippen LogP contribution in [-0.4, -0.2) is 12.6 Å². The zero-order valence-electron chi connectivity index (χ0n) is 11.3. The molecular formula is C16H21NOS. The van der Waals surface area contributed by atoms with Gasteiger partial charge in [-0.2, -0.15) is 11.3 Å². The highest BCUT2D eigenvalue weighted by Gasteiger charge is 2.19. The molecule has 2 nitrogen and oxygen atoms in total. The average Bonchev–Trinajstić information content (AvgIpc) is 2.96. The van der Waals surface area contributed by atoms with Crippen molar-refractivity contribution in [2.75, 3.05) is 6.61 Å². The van der Waals surface area contributed by atoms with E-state index in [1.54, 1.807) is 11.3 Å². The highest BCUT2D eigenvalue weighted by molar-refractivity contribution is 7.07. The van der Waals surface area contributed by atoms with Crippen molar-refractivity contribution in [2.45, 2.75) is 31.9 Å². The topological polar surface area (TPSA) is 35.2 Å². The zero-order chi connectivity index (χ0) is 13.5. The van der Waals surface area contributed by atoms with E-state index >= 15 is 0 Å². The minimum absolute atomic E-state index is 0.00941. The molecule has 2 aromatic rings. The van der Waals surface area contributed by atoms with Crippen molar-refractivity contribution in [3.63, 3.8) is 0 Å². The molecule has 3 heteroatoms. The van der Waals surface area contributed by atoms with Gasteiger partial charge in [0.05, 0.1) is 6.10 Å². The Morgan fingerprint density at radius 1 is 1.21 bits per heavy atom. The fraction of sp³-hybridized carbons (Fsp3) is 0.375. The zero-order valence-corrected chi connectivity index (χ0v) is 12.1. The Morgan fingerprint density at radius 2 is 2.00 bits per heavy atom. The first-order valence-corrected chi connectivity index (χ1v) is 7.68. The van der Waals surface area contributed by atoms with Crippen molar-refractivity contribution < 1.29 is 4.74 Å². The van der Waals surface area contributed by atoms with Crippen LogP contribution in [0.25, 0.3) is 0 Å². The van der Waals surface area contributed by atoms with Crippen LogP contribution in [0.1, 0.15) is 30.6 Å². The van der Waals surface area contributed by atoms with Crippen LogP contribution in [0.4, 0.5) is 0 Å². The van der Waals surface area contributed by atoms with Gasteiger partial charge in [-0.15, -0.1) is 0 Å². The number of benzene rings is 1. The van der Waals surface area contributed by atoms with E-state index in [1.165, 1.54) is 11.1 Å². The summed E-state index contributed by atoms with van der Waals surface area (Å²) < 4.78 is 5.84. The number of hydrogen-bond donors (Lipinski definition) is 1. The lowest BCUT2D eigenvalue weighted by atomic mass is 9.97. The Hall–Kier alpha value is -1.16. The van der Waals surface area contributed by atoms with Crippen LogP contribution >= 0.6 is 11.3 Å². The number of thiophene rings is 1. The maximum absolute atomic E-state index is 6.33. The van der Waals surface area contributed by atoms with Gasteiger partial charge >= 0.3 is 0 Å². The number of ether oxygens (including phenoxy) is 1. The van der Waals surface area contributed by atoms with Crippen LogP contribution in [0.15, 0.2) is 47.2 Å². The molecule has 19 heavy (non-hydrogen) atoms. The van der Waals surface area contributed by atoms with Crippen molar-refractivity contribution in [3.8, 4) is 0 Å². The summed E-state index contributed by atoms with van der Waals surface area (Å²) in [4.78, 5) is 0. The first kappa shape index (κ1) is 14.3. The molecule has 0 aliphatic rings. The van der Waals surface area contributed by atoms with Gasteiger partial charge in [0, 0.05) is 12.6 Å². The summed E-state index contributed by atoms with van der Waals surface area (Å²) in [7, 11) is 0. The third-order valence-corrected chi connectivity index (χ3v) is 3.94. The molecular weight excluding hydrogens is 254 g/mol. The normalized spacial score (nSPS) is 14.2. The molecule has 2 atom stereocenters. The molecule has 1 heterocycles. The second-order valence-electron chi connectivity index (χ2n) is 4.62. The molecule has 102 valence electrons. The summed E-state index contributed by atoms with van der Waals surface area (Å²) in [6.45, 7) is 2.70. The minimum Gasteiger partial charge on any atom is -0.372 e. The van der Waals surface area contributed by atoms with E-state index in [4.69, 9.17) is 10.5 Å². The van der Waals surface area contributed by atoms with Gasteiger partial charge < -0.3 is 10.5 Å². The fourth-order valence-electron chi connectivity index (χ4n) is 2.21. The lowest BCUT2D eigenvalue weighted by molar-refractivity contribution is 0.0413. The summed E-state index contributed by atoms with van der Waals surface area (Å²) in [5, 5.41) is 4.29. The summed E-state index contributed by atoms with van der Waals surface area (Å²) in [5.74, 6) is 0. The second kappa shape index (κ2) is 7.43. The van der Waals surface area contributed by atoms with Gasteiger partial charge in [0.1, 0.15) is 0 Å². The Kier molecular flexibility index (Phi) is 5.58. The Labute approximate surface area is 119 Å². The van der Waals surface area contributed by atoms with E-state index in [9.17, 15) is 0 Å². The van der Waals surface area contributed by atoms with E-state index in [0.717, 1.165) is 12.8 Å². The van der Waals surface area contributed by atoms with Crippen molar-refractivity contribution >= 4 is 11.3 Å². The van der Waals surface area contributed by atoms with Gasteiger partial charge in [-0.1, -0.05) is 30.3 Å². The third kappa shape index (κ3) is 4.16. The van der Waals surface area contributed by atoms with E-state index in [1.807, 2.05) is 25.1 Å². The third-order valence-electron chi connectivity index (χ3n) is 3.21. The number of nitrogens with two attached hydrogens (primary N) is 1. The molecule has 2 unspecified atom stereocenters. The maximum Gasteiger partial charge on any atom is 0.0975 e. The van der Waals surface area contributed by atoms with Crippen molar-refractivity contribution in [2.24, 2.45) is 5.73 Å². The number of hydrogen-bond acceptors (Lipinski definition) is 3. The SMILES string of the molecule is CCOC(c1ccccc1)C(N)CCc1ccsc1. The first-order valence-electron chi connectivity index (χ1n) is 6.74. The molecule has 0 radical (unpaired) electrons. The molecule has 0 aliphatic heterocycles. The predicted molar refractivity (Wildman–Crippen MR) is 81.4 cm³/mol. The van der Waals surface area contributed by atoms with Crippen molar-refractivity contribution in [1.29, 1.82) is 0 Å². The van der Waals surface area contributed by atoms with E-state index in [0.29, 0.717) is 6.61 Å². The van der Waals surface area contributed by atoms with Gasteiger partial charge in [-0.05, 0) is 47.7 Å². The maximum atomic E-state index is 6.33. The van der Waals surface area contributed by atoms with Crippen LogP contribution in [0.2, 0.25) is 0 Å². The van der Waals surface area contributed by atoms with E-state index < -0.39 is 0 Å². The van der Waals surface area contributed by atoms with E-state index in [-0.39, 0.29) is 12.1 Å². The molecule has 2 N–H and O–H groups in total. The fourth-order valence-corrected chi connectivity index (χ4v) is 2.91. The highest BCUT2D eigenvalue weighted by Crippen LogP contribution is 2.23. The predicted octanol–water partition coefficient (Wildman–Crippen LogP) is 3.79. The van der Waals surface area contributed by atoms with Gasteiger partial charge in [0.25, 0.3) is 0 Å². The molecule has 0 amide bonds. The summed E-state index contributed by atoms with van der Waals surface area (Å²) in [5.41, 5.74) is 8.86. The van der Waals surface area contributed by atoms with Crippen LogP contribution in [0.3, 0.4) is 0 Å². The molecule has 1 aromatic carbocycles. The van der Waals surface area contributed by atoms with Crippen LogP contribution in [0.5, 0.6) is 0 Å². The van der Waals surface area contributed by atoms with Crippen LogP contribution in [0, 0.1) is 0 Å². The summed E-state index contributed by atoms with van der Waals surface area (Å²) >= 11 is 1.73. The quantitative estimate of drug-likeness (QED) is 0.834. The average molecular weight is 275 g/mol. The van der Waals surface area contributed by atoms with Crippen LogP contribution in [-0.2, 0) is 11.2 Å². The monoisotopic (exact) mass is 275 g/mol. The Bertz CT molecular complexity index is 455. The van der Waals surface area contributed by atoms with Gasteiger partial charge in [0.15, 0.2) is 0 Å². The molecule has 0 spiro atoms. The van der Waals surface area contributed by atoms with Gasteiger partial charge in [0.2, 0.25) is 0 Å². The summed E-state index contributed by atoms with van der Waals surface area (Å²) in [6.07, 6.45) is 1.95. The Balaban J connectivity index is 1.98. The molecule has 0 aliphatic carbocycles. The lowest BCUT2D eigenvalue weighted by Gasteiger charge is -2.24. The first-order chi connectivity index (χ1) is 9.31. The molecule has 1 aromatic heterocycles. The largest absolute Gasteiger partial charge is 0.372 e. The van der Waals surface area contributed by atoms with E-state index in [2.05, 4.69) is 29.0 Å². The number of aryl methyl sites for hydroxylation is 1. The van der Waals surface area contributed by atoms with Crippen molar-refractivity contribution in [1.82, 2.24) is 0 Å². The lowest BCUT2D eigenvalue weighted by Crippen LogP contribution is -2.31. The van der Waals surface area contributed by atoms with Crippen molar-refractivity contribution in [3.05, 3.63) is 58.3 Å². The minimum atomic E-state index is -0.00941. The molecule has 0 fully saturated rings. The molecule has 2 rings (SSSR count). The highest BCUT2D eigenvalue weighted by atomic mass is 32.1. The smallest absolute Gasteiger partial charge is 0.0975 e. The summed E-state index contributed by atoms with van der Waals surface area (Å²) in [6, 6.07) is 12.5. The second-order valence-corrected chi connectivity index (χ2v) is 5.40. The van der Waals surface area contributed by atoms with Gasteiger partial charge in [-0.3, -0.25) is 0 Å². The molecule has 0 saturated carbocycles. The molecule has 0 saturated heterocycles.